The number of aromatic nitrogens is 2. The first-order chi connectivity index (χ1) is 12.2. The highest BCUT2D eigenvalue weighted by Gasteiger charge is 2.27. The highest BCUT2D eigenvalue weighted by molar-refractivity contribution is 5.80. The van der Waals surface area contributed by atoms with E-state index in [-0.39, 0.29) is 0 Å². The maximum absolute atomic E-state index is 6.09. The van der Waals surface area contributed by atoms with Crippen molar-refractivity contribution >= 4 is 17.3 Å². The lowest BCUT2D eigenvalue weighted by atomic mass is 9.99. The van der Waals surface area contributed by atoms with Gasteiger partial charge in [-0.2, -0.15) is 9.97 Å². The number of hydrogen-bond acceptors (Lipinski definition) is 7. The van der Waals surface area contributed by atoms with E-state index < -0.39 is 0 Å². The normalized spacial score (nSPS) is 20.4. The summed E-state index contributed by atoms with van der Waals surface area (Å²) in [4.78, 5) is 13.8. The van der Waals surface area contributed by atoms with Crippen molar-refractivity contribution in [2.45, 2.75) is 58.4 Å². The number of nitrogens with two attached hydrogens (primary N) is 1. The molecule has 2 aliphatic rings. The fourth-order valence-corrected chi connectivity index (χ4v) is 3.76. The van der Waals surface area contributed by atoms with Crippen LogP contribution in [-0.4, -0.2) is 53.8 Å². The summed E-state index contributed by atoms with van der Waals surface area (Å²) < 4.78 is 5.66. The molecule has 1 unspecified atom stereocenters. The van der Waals surface area contributed by atoms with Gasteiger partial charge in [-0.25, -0.2) is 0 Å². The van der Waals surface area contributed by atoms with E-state index in [1.807, 2.05) is 0 Å². The summed E-state index contributed by atoms with van der Waals surface area (Å²) >= 11 is 0. The van der Waals surface area contributed by atoms with E-state index in [1.54, 1.807) is 0 Å². The Balaban J connectivity index is 1.63. The van der Waals surface area contributed by atoms with Gasteiger partial charge in [0.25, 0.3) is 0 Å². The molecule has 0 spiro atoms. The van der Waals surface area contributed by atoms with Crippen molar-refractivity contribution in [3.05, 3.63) is 0 Å². The SMILES string of the molecule is CCCCOc1nc(N)c2c(n1)N(CCC1CCCCN1CC)CN2. The largest absolute Gasteiger partial charge is 0.463 e. The Labute approximate surface area is 150 Å². The number of nitrogen functional groups attached to an aromatic ring is 1. The van der Waals surface area contributed by atoms with Gasteiger partial charge in [0.15, 0.2) is 11.6 Å². The minimum Gasteiger partial charge on any atom is -0.463 e. The van der Waals surface area contributed by atoms with Crippen LogP contribution in [0.1, 0.15) is 52.4 Å². The van der Waals surface area contributed by atoms with Gasteiger partial charge in [0.05, 0.1) is 13.3 Å². The van der Waals surface area contributed by atoms with E-state index in [2.05, 4.69) is 38.9 Å². The summed E-state index contributed by atoms with van der Waals surface area (Å²) in [5, 5.41) is 3.33. The Morgan fingerprint density at radius 1 is 1.28 bits per heavy atom. The monoisotopic (exact) mass is 348 g/mol. The molecule has 7 heteroatoms. The highest BCUT2D eigenvalue weighted by atomic mass is 16.5. The van der Waals surface area contributed by atoms with Crippen molar-refractivity contribution < 1.29 is 4.74 Å². The number of likely N-dealkylation sites (tertiary alicyclic amines) is 1. The summed E-state index contributed by atoms with van der Waals surface area (Å²) in [7, 11) is 0. The fourth-order valence-electron chi connectivity index (χ4n) is 3.76. The van der Waals surface area contributed by atoms with E-state index in [0.717, 1.165) is 50.5 Å². The van der Waals surface area contributed by atoms with Crippen LogP contribution in [0.3, 0.4) is 0 Å². The average Bonchev–Trinajstić information content (AvgIpc) is 3.04. The minimum atomic E-state index is 0.395. The van der Waals surface area contributed by atoms with Gasteiger partial charge in [-0.05, 0) is 38.8 Å². The smallest absolute Gasteiger partial charge is 0.320 e. The third kappa shape index (κ3) is 4.26. The lowest BCUT2D eigenvalue weighted by Crippen LogP contribution is -2.41. The molecule has 1 aromatic rings. The predicted octanol–water partition coefficient (Wildman–Crippen LogP) is 2.69. The van der Waals surface area contributed by atoms with Crippen molar-refractivity contribution in [3.8, 4) is 6.01 Å². The van der Waals surface area contributed by atoms with Crippen LogP contribution in [0.4, 0.5) is 17.3 Å². The number of unbranched alkanes of at least 4 members (excludes halogenated alkanes) is 1. The van der Waals surface area contributed by atoms with Gasteiger partial charge in [0.2, 0.25) is 0 Å². The summed E-state index contributed by atoms with van der Waals surface area (Å²) in [5.41, 5.74) is 6.94. The first kappa shape index (κ1) is 18.0. The zero-order valence-electron chi connectivity index (χ0n) is 15.6. The Kier molecular flexibility index (Phi) is 6.18. The van der Waals surface area contributed by atoms with Crippen molar-refractivity contribution in [1.29, 1.82) is 0 Å². The third-order valence-corrected chi connectivity index (χ3v) is 5.26. The van der Waals surface area contributed by atoms with Gasteiger partial charge < -0.3 is 25.6 Å². The number of rotatable bonds is 8. The molecule has 0 radical (unpaired) electrons. The summed E-state index contributed by atoms with van der Waals surface area (Å²) in [6.45, 7) is 9.13. The Hall–Kier alpha value is -1.76. The first-order valence-corrected chi connectivity index (χ1v) is 9.76. The van der Waals surface area contributed by atoms with Gasteiger partial charge in [0, 0.05) is 12.6 Å². The van der Waals surface area contributed by atoms with Gasteiger partial charge in [-0.15, -0.1) is 0 Å². The number of fused-ring (bicyclic) bond motifs is 1. The molecule has 0 amide bonds. The minimum absolute atomic E-state index is 0.395. The topological polar surface area (TPSA) is 79.5 Å². The molecular weight excluding hydrogens is 316 g/mol. The Morgan fingerprint density at radius 2 is 2.16 bits per heavy atom. The summed E-state index contributed by atoms with van der Waals surface area (Å²) in [5.74, 6) is 1.37. The lowest BCUT2D eigenvalue weighted by molar-refractivity contribution is 0.149. The zero-order chi connectivity index (χ0) is 17.6. The van der Waals surface area contributed by atoms with E-state index >= 15 is 0 Å². The van der Waals surface area contributed by atoms with Crippen LogP contribution >= 0.6 is 0 Å². The number of hydrogen-bond donors (Lipinski definition) is 2. The third-order valence-electron chi connectivity index (χ3n) is 5.26. The molecule has 1 aromatic heterocycles. The molecule has 0 aromatic carbocycles. The fraction of sp³-hybridized carbons (Fsp3) is 0.778. The van der Waals surface area contributed by atoms with Crippen LogP contribution in [-0.2, 0) is 0 Å². The maximum Gasteiger partial charge on any atom is 0.320 e. The molecule has 0 saturated carbocycles. The summed E-state index contributed by atoms with van der Waals surface area (Å²) in [6, 6.07) is 1.08. The number of ether oxygens (including phenoxy) is 1. The van der Waals surface area contributed by atoms with Crippen LogP contribution in [0, 0.1) is 0 Å². The van der Waals surface area contributed by atoms with Gasteiger partial charge in [-0.3, -0.25) is 0 Å². The zero-order valence-corrected chi connectivity index (χ0v) is 15.6. The molecular formula is C18H32N6O. The van der Waals surface area contributed by atoms with Gasteiger partial charge in [0.1, 0.15) is 5.69 Å². The molecule has 140 valence electrons. The molecule has 7 nitrogen and oxygen atoms in total. The molecule has 1 atom stereocenters. The molecule has 25 heavy (non-hydrogen) atoms. The van der Waals surface area contributed by atoms with E-state index in [1.165, 1.54) is 25.8 Å². The van der Waals surface area contributed by atoms with Crippen LogP contribution in [0.15, 0.2) is 0 Å². The molecule has 0 aliphatic carbocycles. The lowest BCUT2D eigenvalue weighted by Gasteiger charge is -2.35. The quantitative estimate of drug-likeness (QED) is 0.699. The van der Waals surface area contributed by atoms with Crippen molar-refractivity contribution in [1.82, 2.24) is 14.9 Å². The second-order valence-corrected chi connectivity index (χ2v) is 6.96. The number of nitrogens with zero attached hydrogens (tertiary/aromatic N) is 4. The maximum atomic E-state index is 6.09. The molecule has 3 N–H and O–H groups in total. The first-order valence-electron chi connectivity index (χ1n) is 9.76. The van der Waals surface area contributed by atoms with Crippen LogP contribution in [0.25, 0.3) is 0 Å². The van der Waals surface area contributed by atoms with Crippen LogP contribution in [0.5, 0.6) is 6.01 Å². The number of piperidine rings is 1. The second-order valence-electron chi connectivity index (χ2n) is 6.96. The second kappa shape index (κ2) is 8.56. The average molecular weight is 348 g/mol. The molecule has 0 bridgehead atoms. The van der Waals surface area contributed by atoms with Gasteiger partial charge >= 0.3 is 6.01 Å². The predicted molar refractivity (Wildman–Crippen MR) is 102 cm³/mol. The molecule has 2 aliphatic heterocycles. The van der Waals surface area contributed by atoms with Crippen molar-refractivity contribution in [2.24, 2.45) is 0 Å². The number of nitrogens with one attached hydrogen (secondary N) is 1. The highest BCUT2D eigenvalue weighted by Crippen LogP contribution is 2.35. The summed E-state index contributed by atoms with van der Waals surface area (Å²) in [6.07, 6.45) is 7.23. The van der Waals surface area contributed by atoms with E-state index in [0.29, 0.717) is 24.5 Å². The standard InChI is InChI=1S/C18H32N6O/c1-3-5-12-25-18-21-16(19)15-17(22-18)24(13-20-15)11-9-14-8-6-7-10-23(14)4-2/h14,20H,3-13H2,1-2H3,(H2,19,21,22). The van der Waals surface area contributed by atoms with Gasteiger partial charge in [-0.1, -0.05) is 26.7 Å². The number of anilines is 3. The van der Waals surface area contributed by atoms with Crippen LogP contribution in [0.2, 0.25) is 0 Å². The van der Waals surface area contributed by atoms with Crippen molar-refractivity contribution in [3.63, 3.8) is 0 Å². The molecule has 3 rings (SSSR count). The Morgan fingerprint density at radius 3 is 2.96 bits per heavy atom. The van der Waals surface area contributed by atoms with Crippen LogP contribution < -0.4 is 20.7 Å². The van der Waals surface area contributed by atoms with E-state index in [4.69, 9.17) is 10.5 Å². The van der Waals surface area contributed by atoms with E-state index in [9.17, 15) is 0 Å². The van der Waals surface area contributed by atoms with Crippen molar-refractivity contribution in [2.75, 3.05) is 48.9 Å². The molecule has 1 saturated heterocycles. The molecule has 3 heterocycles. The Bertz CT molecular complexity index is 567. The molecule has 1 fully saturated rings.